The van der Waals surface area contributed by atoms with Crippen LogP contribution in [0.4, 0.5) is 5.82 Å². The summed E-state index contributed by atoms with van der Waals surface area (Å²) in [4.78, 5) is 17.9. The molecule has 4 heteroatoms. The first kappa shape index (κ1) is 12.9. The van der Waals surface area contributed by atoms with Gasteiger partial charge in [-0.05, 0) is 38.3 Å². The minimum Gasteiger partial charge on any atom is -0.478 e. The van der Waals surface area contributed by atoms with Crippen molar-refractivity contribution in [2.75, 3.05) is 11.4 Å². The van der Waals surface area contributed by atoms with Gasteiger partial charge < -0.3 is 10.0 Å². The molecule has 98 valence electrons. The zero-order valence-electron chi connectivity index (χ0n) is 11.0. The molecule has 1 N–H and O–H groups in total. The highest BCUT2D eigenvalue weighted by Gasteiger charge is 2.32. The number of anilines is 1. The van der Waals surface area contributed by atoms with E-state index in [4.69, 9.17) is 0 Å². The molecule has 1 aromatic rings. The zero-order valence-corrected chi connectivity index (χ0v) is 11.0. The molecule has 0 spiro atoms. The van der Waals surface area contributed by atoms with Gasteiger partial charge in [0.15, 0.2) is 0 Å². The minimum absolute atomic E-state index is 0.323. The van der Waals surface area contributed by atoms with Gasteiger partial charge in [-0.1, -0.05) is 13.3 Å². The second kappa shape index (κ2) is 5.38. The quantitative estimate of drug-likeness (QED) is 0.841. The first-order chi connectivity index (χ1) is 8.63. The molecule has 1 aliphatic rings. The van der Waals surface area contributed by atoms with Crippen LogP contribution in [0, 0.1) is 6.92 Å². The molecule has 1 fully saturated rings. The second-order valence-corrected chi connectivity index (χ2v) is 4.91. The van der Waals surface area contributed by atoms with Gasteiger partial charge in [0.2, 0.25) is 0 Å². The number of carbonyl (C=O) groups is 1. The summed E-state index contributed by atoms with van der Waals surface area (Å²) in [5.74, 6) is -0.238. The molecule has 0 aliphatic heterocycles. The highest BCUT2D eigenvalue weighted by molar-refractivity contribution is 5.93. The molecule has 1 heterocycles. The monoisotopic (exact) mass is 248 g/mol. The van der Waals surface area contributed by atoms with Gasteiger partial charge in [0.05, 0.1) is 0 Å². The predicted molar refractivity (Wildman–Crippen MR) is 71.2 cm³/mol. The number of unbranched alkanes of at least 4 members (excludes halogenated alkanes) is 1. The maximum absolute atomic E-state index is 11.3. The van der Waals surface area contributed by atoms with Crippen molar-refractivity contribution in [2.45, 2.75) is 45.6 Å². The summed E-state index contributed by atoms with van der Waals surface area (Å²) in [6, 6.07) is 3.92. The number of aromatic nitrogens is 1. The Morgan fingerprint density at radius 2 is 2.22 bits per heavy atom. The Bertz CT molecular complexity index is 441. The fraction of sp³-hybridized carbons (Fsp3) is 0.571. The molecule has 18 heavy (non-hydrogen) atoms. The third kappa shape index (κ3) is 2.81. The fourth-order valence-corrected chi connectivity index (χ4v) is 2.10. The lowest BCUT2D eigenvalue weighted by atomic mass is 10.2. The molecular formula is C14H20N2O2. The molecule has 2 rings (SSSR count). The van der Waals surface area contributed by atoms with Gasteiger partial charge >= 0.3 is 5.97 Å². The SMILES string of the molecule is CCCCN(c1nc(C)ccc1C(=O)O)C1CC1. The van der Waals surface area contributed by atoms with Crippen molar-refractivity contribution in [3.63, 3.8) is 0 Å². The van der Waals surface area contributed by atoms with Crippen LogP contribution in [0.25, 0.3) is 0 Å². The Balaban J connectivity index is 2.32. The van der Waals surface area contributed by atoms with Crippen LogP contribution in [-0.4, -0.2) is 28.6 Å². The third-order valence-electron chi connectivity index (χ3n) is 3.26. The molecule has 0 atom stereocenters. The van der Waals surface area contributed by atoms with Crippen LogP contribution in [0.2, 0.25) is 0 Å². The third-order valence-corrected chi connectivity index (χ3v) is 3.26. The second-order valence-electron chi connectivity index (χ2n) is 4.91. The van der Waals surface area contributed by atoms with Crippen molar-refractivity contribution in [3.8, 4) is 0 Å². The number of aromatic carboxylic acids is 1. The zero-order chi connectivity index (χ0) is 13.1. The van der Waals surface area contributed by atoms with Gasteiger partial charge in [-0.3, -0.25) is 0 Å². The van der Waals surface area contributed by atoms with Gasteiger partial charge in [-0.25, -0.2) is 9.78 Å². The van der Waals surface area contributed by atoms with Crippen molar-refractivity contribution in [2.24, 2.45) is 0 Å². The predicted octanol–water partition coefficient (Wildman–Crippen LogP) is 2.86. The summed E-state index contributed by atoms with van der Waals surface area (Å²) in [6.07, 6.45) is 4.49. The molecule has 0 unspecified atom stereocenters. The van der Waals surface area contributed by atoms with Gasteiger partial charge in [-0.2, -0.15) is 0 Å². The molecule has 1 aliphatic carbocycles. The average molecular weight is 248 g/mol. The Morgan fingerprint density at radius 3 is 2.78 bits per heavy atom. The normalized spacial score (nSPS) is 14.6. The van der Waals surface area contributed by atoms with Crippen molar-refractivity contribution in [3.05, 3.63) is 23.4 Å². The van der Waals surface area contributed by atoms with E-state index in [1.54, 1.807) is 12.1 Å². The van der Waals surface area contributed by atoms with Crippen LogP contribution < -0.4 is 4.90 Å². The van der Waals surface area contributed by atoms with Gasteiger partial charge in [0.1, 0.15) is 11.4 Å². The summed E-state index contributed by atoms with van der Waals surface area (Å²) >= 11 is 0. The molecule has 4 nitrogen and oxygen atoms in total. The number of carboxylic acid groups (broad SMARTS) is 1. The molecule has 0 saturated heterocycles. The van der Waals surface area contributed by atoms with E-state index in [2.05, 4.69) is 16.8 Å². The smallest absolute Gasteiger partial charge is 0.339 e. The molecular weight excluding hydrogens is 228 g/mol. The van der Waals surface area contributed by atoms with Crippen molar-refractivity contribution >= 4 is 11.8 Å². The molecule has 0 radical (unpaired) electrons. The lowest BCUT2D eigenvalue weighted by Crippen LogP contribution is -2.29. The highest BCUT2D eigenvalue weighted by atomic mass is 16.4. The summed E-state index contributed by atoms with van der Waals surface area (Å²) in [6.45, 7) is 4.95. The summed E-state index contributed by atoms with van der Waals surface area (Å²) in [5, 5.41) is 9.27. The molecule has 1 saturated carbocycles. The van der Waals surface area contributed by atoms with E-state index in [0.717, 1.165) is 37.9 Å². The number of nitrogens with zero attached hydrogens (tertiary/aromatic N) is 2. The molecule has 1 aromatic heterocycles. The minimum atomic E-state index is -0.889. The van der Waals surface area contributed by atoms with E-state index >= 15 is 0 Å². The Labute approximate surface area is 108 Å². The van der Waals surface area contributed by atoms with Crippen LogP contribution in [0.15, 0.2) is 12.1 Å². The van der Waals surface area contributed by atoms with Crippen molar-refractivity contribution in [1.29, 1.82) is 0 Å². The number of pyridine rings is 1. The maximum atomic E-state index is 11.3. The summed E-state index contributed by atoms with van der Waals surface area (Å²) in [5.41, 5.74) is 1.20. The summed E-state index contributed by atoms with van der Waals surface area (Å²) in [7, 11) is 0. The standard InChI is InChI=1S/C14H20N2O2/c1-3-4-9-16(11-6-7-11)13-12(14(17)18)8-5-10(2)15-13/h5,8,11H,3-4,6-7,9H2,1-2H3,(H,17,18). The van der Waals surface area contributed by atoms with Crippen LogP contribution in [0.5, 0.6) is 0 Å². The van der Waals surface area contributed by atoms with Gasteiger partial charge in [0.25, 0.3) is 0 Å². The number of hydrogen-bond acceptors (Lipinski definition) is 3. The first-order valence-corrected chi connectivity index (χ1v) is 6.61. The number of carboxylic acids is 1. The van der Waals surface area contributed by atoms with Crippen LogP contribution in [-0.2, 0) is 0 Å². The maximum Gasteiger partial charge on any atom is 0.339 e. The van der Waals surface area contributed by atoms with E-state index in [1.165, 1.54) is 0 Å². The molecule has 0 aromatic carbocycles. The van der Waals surface area contributed by atoms with Gasteiger partial charge in [-0.15, -0.1) is 0 Å². The van der Waals surface area contributed by atoms with Crippen molar-refractivity contribution in [1.82, 2.24) is 4.98 Å². The van der Waals surface area contributed by atoms with Crippen LogP contribution >= 0.6 is 0 Å². The largest absolute Gasteiger partial charge is 0.478 e. The van der Waals surface area contributed by atoms with E-state index in [9.17, 15) is 9.90 Å². The topological polar surface area (TPSA) is 53.4 Å². The number of aryl methyl sites for hydroxylation is 1. The Morgan fingerprint density at radius 1 is 1.50 bits per heavy atom. The van der Waals surface area contributed by atoms with E-state index in [0.29, 0.717) is 17.4 Å². The summed E-state index contributed by atoms with van der Waals surface area (Å²) < 4.78 is 0. The van der Waals surface area contributed by atoms with E-state index in [-0.39, 0.29) is 0 Å². The molecule has 0 amide bonds. The average Bonchev–Trinajstić information content (AvgIpc) is 3.13. The number of rotatable bonds is 6. The van der Waals surface area contributed by atoms with Crippen molar-refractivity contribution < 1.29 is 9.90 Å². The highest BCUT2D eigenvalue weighted by Crippen LogP contribution is 2.32. The van der Waals surface area contributed by atoms with E-state index < -0.39 is 5.97 Å². The fourth-order valence-electron chi connectivity index (χ4n) is 2.10. The Hall–Kier alpha value is -1.58. The first-order valence-electron chi connectivity index (χ1n) is 6.61. The van der Waals surface area contributed by atoms with Crippen LogP contribution in [0.3, 0.4) is 0 Å². The molecule has 0 bridgehead atoms. The van der Waals surface area contributed by atoms with Crippen LogP contribution in [0.1, 0.15) is 48.7 Å². The Kier molecular flexibility index (Phi) is 3.84. The number of hydrogen-bond donors (Lipinski definition) is 1. The lowest BCUT2D eigenvalue weighted by Gasteiger charge is -2.25. The lowest BCUT2D eigenvalue weighted by molar-refractivity contribution is 0.0697. The van der Waals surface area contributed by atoms with Gasteiger partial charge in [0, 0.05) is 18.3 Å². The van der Waals surface area contributed by atoms with E-state index in [1.807, 2.05) is 6.92 Å².